The van der Waals surface area contributed by atoms with Crippen LogP contribution in [0.3, 0.4) is 0 Å². The van der Waals surface area contributed by atoms with Gasteiger partial charge in [0.15, 0.2) is 10.3 Å². The molecular weight excluding hydrogens is 299 g/mol. The molecule has 110 valence electrons. The third-order valence-electron chi connectivity index (χ3n) is 3.58. The lowest BCUT2D eigenvalue weighted by Crippen LogP contribution is -2.43. The summed E-state index contributed by atoms with van der Waals surface area (Å²) in [5, 5.41) is 7.63. The van der Waals surface area contributed by atoms with E-state index >= 15 is 0 Å². The van der Waals surface area contributed by atoms with Crippen molar-refractivity contribution >= 4 is 29.1 Å². The van der Waals surface area contributed by atoms with Gasteiger partial charge in [-0.1, -0.05) is 30.1 Å². The summed E-state index contributed by atoms with van der Waals surface area (Å²) >= 11 is 11.8. The third-order valence-corrected chi connectivity index (χ3v) is 4.05. The number of hydrogen-bond acceptors (Lipinski definition) is 4. The molecule has 1 aliphatic heterocycles. The van der Waals surface area contributed by atoms with Crippen LogP contribution in [0.1, 0.15) is 30.1 Å². The van der Waals surface area contributed by atoms with Crippen LogP contribution >= 0.6 is 23.2 Å². The van der Waals surface area contributed by atoms with Gasteiger partial charge in [-0.15, -0.1) is 10.2 Å². The number of hydrogen-bond donors (Lipinski definition) is 0. The van der Waals surface area contributed by atoms with E-state index in [0.717, 1.165) is 32.5 Å². The maximum atomic E-state index is 12.7. The molecule has 1 unspecified atom stereocenters. The molecule has 1 saturated heterocycles. The van der Waals surface area contributed by atoms with Crippen LogP contribution in [0.4, 0.5) is 0 Å². The molecule has 0 aromatic carbocycles. The fraction of sp³-hybridized carbons (Fsp3) is 0.615. The van der Waals surface area contributed by atoms with Crippen LogP contribution in [0.5, 0.6) is 0 Å². The molecule has 1 aromatic rings. The Morgan fingerprint density at radius 2 is 2.15 bits per heavy atom. The van der Waals surface area contributed by atoms with Gasteiger partial charge in [0.25, 0.3) is 5.91 Å². The zero-order valence-electron chi connectivity index (χ0n) is 11.6. The number of halogens is 2. The predicted molar refractivity (Wildman–Crippen MR) is 79.3 cm³/mol. The second-order valence-electron chi connectivity index (χ2n) is 5.05. The Morgan fingerprint density at radius 1 is 1.40 bits per heavy atom. The minimum absolute atomic E-state index is 0.104. The smallest absolute Gasteiger partial charge is 0.257 e. The number of carbonyl (C=O) groups excluding carboxylic acids is 1. The quantitative estimate of drug-likeness (QED) is 0.840. The van der Waals surface area contributed by atoms with E-state index in [4.69, 9.17) is 23.2 Å². The second-order valence-corrected chi connectivity index (χ2v) is 5.79. The first-order chi connectivity index (χ1) is 9.52. The SMILES string of the molecule is CCC1CN(C)CCCN1C(=O)c1cc(Cl)nnc1Cl. The van der Waals surface area contributed by atoms with Crippen molar-refractivity contribution in [2.24, 2.45) is 0 Å². The minimum Gasteiger partial charge on any atom is -0.334 e. The molecule has 0 aliphatic carbocycles. The molecule has 0 saturated carbocycles. The molecule has 2 heterocycles. The van der Waals surface area contributed by atoms with E-state index in [1.807, 2.05) is 4.90 Å². The number of amides is 1. The summed E-state index contributed by atoms with van der Waals surface area (Å²) in [5.41, 5.74) is 0.328. The van der Waals surface area contributed by atoms with Crippen molar-refractivity contribution in [3.63, 3.8) is 0 Å². The van der Waals surface area contributed by atoms with Crippen LogP contribution in [0, 0.1) is 0 Å². The van der Waals surface area contributed by atoms with Crippen molar-refractivity contribution in [2.45, 2.75) is 25.8 Å². The summed E-state index contributed by atoms with van der Waals surface area (Å²) in [6.07, 6.45) is 1.85. The summed E-state index contributed by atoms with van der Waals surface area (Å²) < 4.78 is 0. The predicted octanol–water partition coefficient (Wildman–Crippen LogP) is 2.34. The molecule has 0 radical (unpaired) electrons. The van der Waals surface area contributed by atoms with Gasteiger partial charge in [0.1, 0.15) is 0 Å². The van der Waals surface area contributed by atoms with Gasteiger partial charge < -0.3 is 9.80 Å². The summed E-state index contributed by atoms with van der Waals surface area (Å²) in [6, 6.07) is 1.67. The maximum Gasteiger partial charge on any atom is 0.257 e. The highest BCUT2D eigenvalue weighted by atomic mass is 35.5. The fourth-order valence-electron chi connectivity index (χ4n) is 2.52. The average molecular weight is 317 g/mol. The number of carbonyl (C=O) groups is 1. The molecule has 1 aromatic heterocycles. The van der Waals surface area contributed by atoms with E-state index < -0.39 is 0 Å². The molecule has 1 aliphatic rings. The summed E-state index contributed by atoms with van der Waals surface area (Å²) in [5.74, 6) is -0.117. The summed E-state index contributed by atoms with van der Waals surface area (Å²) in [7, 11) is 2.08. The van der Waals surface area contributed by atoms with Crippen molar-refractivity contribution in [1.82, 2.24) is 20.0 Å². The van der Waals surface area contributed by atoms with Gasteiger partial charge in [-0.05, 0) is 32.5 Å². The molecule has 0 spiro atoms. The molecule has 7 heteroatoms. The molecule has 0 N–H and O–H groups in total. The van der Waals surface area contributed by atoms with Crippen LogP contribution in [-0.2, 0) is 0 Å². The molecule has 0 bridgehead atoms. The first kappa shape index (κ1) is 15.5. The second kappa shape index (κ2) is 6.70. The Balaban J connectivity index is 2.27. The Bertz CT molecular complexity index is 497. The van der Waals surface area contributed by atoms with Gasteiger partial charge in [-0.25, -0.2) is 0 Å². The van der Waals surface area contributed by atoms with Gasteiger partial charge in [0, 0.05) is 19.1 Å². The molecule has 1 amide bonds. The Hall–Kier alpha value is -0.910. The molecule has 20 heavy (non-hydrogen) atoms. The van der Waals surface area contributed by atoms with Crippen molar-refractivity contribution in [3.8, 4) is 0 Å². The van der Waals surface area contributed by atoms with Gasteiger partial charge >= 0.3 is 0 Å². The average Bonchev–Trinajstić information content (AvgIpc) is 2.62. The minimum atomic E-state index is -0.117. The van der Waals surface area contributed by atoms with Crippen molar-refractivity contribution in [3.05, 3.63) is 21.9 Å². The van der Waals surface area contributed by atoms with Crippen LogP contribution in [0.15, 0.2) is 6.07 Å². The number of nitrogens with zero attached hydrogens (tertiary/aromatic N) is 4. The summed E-state index contributed by atoms with van der Waals surface area (Å²) in [6.45, 7) is 4.66. The van der Waals surface area contributed by atoms with Crippen molar-refractivity contribution < 1.29 is 4.79 Å². The monoisotopic (exact) mass is 316 g/mol. The zero-order chi connectivity index (χ0) is 14.7. The number of aromatic nitrogens is 2. The lowest BCUT2D eigenvalue weighted by Gasteiger charge is -2.30. The van der Waals surface area contributed by atoms with Crippen LogP contribution in [0.2, 0.25) is 10.3 Å². The van der Waals surface area contributed by atoms with Crippen molar-refractivity contribution in [1.29, 1.82) is 0 Å². The molecule has 5 nitrogen and oxygen atoms in total. The highest BCUT2D eigenvalue weighted by Crippen LogP contribution is 2.21. The largest absolute Gasteiger partial charge is 0.334 e. The van der Waals surface area contributed by atoms with Gasteiger partial charge in [-0.3, -0.25) is 4.79 Å². The fourth-order valence-corrected chi connectivity index (χ4v) is 2.84. The highest BCUT2D eigenvalue weighted by Gasteiger charge is 2.28. The van der Waals surface area contributed by atoms with Gasteiger partial charge in [0.2, 0.25) is 0 Å². The summed E-state index contributed by atoms with van der Waals surface area (Å²) in [4.78, 5) is 16.8. The molecule has 2 rings (SSSR count). The van der Waals surface area contributed by atoms with E-state index in [-0.39, 0.29) is 22.3 Å². The standard InChI is InChI=1S/C13H18Cl2N4O/c1-3-9-8-18(2)5-4-6-19(9)13(20)10-7-11(14)16-17-12(10)15/h7,9H,3-6,8H2,1-2H3. The number of rotatable bonds is 2. The Morgan fingerprint density at radius 3 is 2.85 bits per heavy atom. The van der Waals surface area contributed by atoms with E-state index in [1.54, 1.807) is 0 Å². The normalized spacial score (nSPS) is 20.8. The first-order valence-corrected chi connectivity index (χ1v) is 7.46. The molecule has 1 atom stereocenters. The van der Waals surface area contributed by atoms with Crippen LogP contribution in [-0.4, -0.2) is 58.6 Å². The van der Waals surface area contributed by atoms with E-state index in [9.17, 15) is 4.79 Å². The molecule has 1 fully saturated rings. The number of likely N-dealkylation sites (N-methyl/N-ethyl adjacent to an activating group) is 1. The molecular formula is C13H18Cl2N4O. The Labute approximate surface area is 128 Å². The van der Waals surface area contributed by atoms with Crippen molar-refractivity contribution in [2.75, 3.05) is 26.7 Å². The van der Waals surface area contributed by atoms with Crippen LogP contribution < -0.4 is 0 Å². The van der Waals surface area contributed by atoms with Gasteiger partial charge in [0.05, 0.1) is 5.56 Å². The third kappa shape index (κ3) is 3.40. The highest BCUT2D eigenvalue weighted by molar-refractivity contribution is 6.34. The van der Waals surface area contributed by atoms with Crippen LogP contribution in [0.25, 0.3) is 0 Å². The topological polar surface area (TPSA) is 49.3 Å². The first-order valence-electron chi connectivity index (χ1n) is 6.71. The lowest BCUT2D eigenvalue weighted by atomic mass is 10.1. The van der Waals surface area contributed by atoms with E-state index in [1.165, 1.54) is 6.07 Å². The maximum absolute atomic E-state index is 12.7. The van der Waals surface area contributed by atoms with E-state index in [2.05, 4.69) is 29.1 Å². The van der Waals surface area contributed by atoms with E-state index in [0.29, 0.717) is 5.56 Å². The van der Waals surface area contributed by atoms with Gasteiger partial charge in [-0.2, -0.15) is 0 Å². The Kier molecular flexibility index (Phi) is 5.18. The lowest BCUT2D eigenvalue weighted by molar-refractivity contribution is 0.0675. The zero-order valence-corrected chi connectivity index (χ0v) is 13.2.